The summed E-state index contributed by atoms with van der Waals surface area (Å²) in [6.45, 7) is 4.60. The number of carbonyl (C=O) groups is 1. The van der Waals surface area contributed by atoms with Crippen molar-refractivity contribution in [2.75, 3.05) is 12.3 Å². The van der Waals surface area contributed by atoms with Gasteiger partial charge in [-0.05, 0) is 59.7 Å². The Morgan fingerprint density at radius 1 is 1.17 bits per heavy atom. The van der Waals surface area contributed by atoms with Gasteiger partial charge in [-0.3, -0.25) is 4.79 Å². The number of hydrogen-bond acceptors (Lipinski definition) is 3. The number of fused-ring (bicyclic) bond motifs is 1. The van der Waals surface area contributed by atoms with E-state index in [-0.39, 0.29) is 5.91 Å². The summed E-state index contributed by atoms with van der Waals surface area (Å²) in [4.78, 5) is 13.6. The number of nitrogens with one attached hydrogen (secondary N) is 2. The molecular weight excluding hydrogens is 304 g/mol. The van der Waals surface area contributed by atoms with Gasteiger partial charge in [0.1, 0.15) is 0 Å². The lowest BCUT2D eigenvalue weighted by Gasteiger charge is -2.17. The molecule has 2 N–H and O–H groups in total. The zero-order valence-corrected chi connectivity index (χ0v) is 14.2. The van der Waals surface area contributed by atoms with E-state index in [1.807, 2.05) is 23.9 Å². The summed E-state index contributed by atoms with van der Waals surface area (Å²) >= 11 is 1.83. The predicted octanol–water partition coefficient (Wildman–Crippen LogP) is 3.37. The Morgan fingerprint density at radius 3 is 2.78 bits per heavy atom. The number of carbonyl (C=O) groups excluding carboxylic acids is 1. The Labute approximate surface area is 141 Å². The van der Waals surface area contributed by atoms with Crippen molar-refractivity contribution in [2.24, 2.45) is 0 Å². The molecule has 0 bridgehead atoms. The number of hydrogen-bond donors (Lipinski definition) is 2. The maximum Gasteiger partial charge on any atom is 0.251 e. The summed E-state index contributed by atoms with van der Waals surface area (Å²) in [6, 6.07) is 14.4. The van der Waals surface area contributed by atoms with Crippen LogP contribution in [0.3, 0.4) is 0 Å². The summed E-state index contributed by atoms with van der Waals surface area (Å²) in [5, 5.41) is 6.36. The maximum atomic E-state index is 12.3. The third-order valence-electron chi connectivity index (χ3n) is 4.04. The van der Waals surface area contributed by atoms with E-state index in [1.54, 1.807) is 0 Å². The average molecular weight is 326 g/mol. The lowest BCUT2D eigenvalue weighted by Crippen LogP contribution is -2.26. The Morgan fingerprint density at radius 2 is 2.00 bits per heavy atom. The quantitative estimate of drug-likeness (QED) is 0.828. The van der Waals surface area contributed by atoms with Crippen LogP contribution in [0.1, 0.15) is 34.0 Å². The molecule has 1 heterocycles. The van der Waals surface area contributed by atoms with E-state index < -0.39 is 0 Å². The van der Waals surface area contributed by atoms with Crippen LogP contribution in [0, 0.1) is 0 Å². The highest BCUT2D eigenvalue weighted by atomic mass is 32.2. The van der Waals surface area contributed by atoms with Crippen molar-refractivity contribution in [3.8, 4) is 0 Å². The van der Waals surface area contributed by atoms with Crippen LogP contribution >= 0.6 is 11.8 Å². The van der Waals surface area contributed by atoms with Gasteiger partial charge in [-0.25, -0.2) is 0 Å². The van der Waals surface area contributed by atoms with E-state index in [2.05, 4.69) is 47.9 Å². The van der Waals surface area contributed by atoms with Gasteiger partial charge >= 0.3 is 0 Å². The number of thioether (sulfide) groups is 1. The molecule has 0 saturated heterocycles. The van der Waals surface area contributed by atoms with Gasteiger partial charge in [-0.2, -0.15) is 0 Å². The molecule has 1 aliphatic heterocycles. The van der Waals surface area contributed by atoms with Crippen LogP contribution in [0.15, 0.2) is 47.4 Å². The fraction of sp³-hybridized carbons (Fsp3) is 0.316. The first kappa shape index (κ1) is 16.1. The highest BCUT2D eigenvalue weighted by Gasteiger charge is 2.12. The van der Waals surface area contributed by atoms with Crippen molar-refractivity contribution >= 4 is 17.7 Å². The van der Waals surface area contributed by atoms with E-state index in [4.69, 9.17) is 0 Å². The average Bonchev–Trinajstić information content (AvgIpc) is 2.60. The molecule has 1 aliphatic rings. The minimum atomic E-state index is -0.00153. The fourth-order valence-corrected chi connectivity index (χ4v) is 3.43. The molecule has 4 heteroatoms. The normalized spacial score (nSPS) is 13.4. The molecular formula is C19H22N2OS. The van der Waals surface area contributed by atoms with Crippen LogP contribution in [-0.2, 0) is 19.5 Å². The second kappa shape index (κ2) is 7.66. The monoisotopic (exact) mass is 326 g/mol. The molecule has 0 fully saturated rings. The Balaban J connectivity index is 1.60. The molecule has 120 valence electrons. The second-order valence-corrected chi connectivity index (χ2v) is 7.01. The lowest BCUT2D eigenvalue weighted by molar-refractivity contribution is 0.0951. The van der Waals surface area contributed by atoms with Crippen LogP contribution < -0.4 is 10.6 Å². The summed E-state index contributed by atoms with van der Waals surface area (Å²) in [6.07, 6.45) is 0.993. The second-order valence-electron chi connectivity index (χ2n) is 5.67. The van der Waals surface area contributed by atoms with Crippen LogP contribution in [0.5, 0.6) is 0 Å². The van der Waals surface area contributed by atoms with E-state index in [1.165, 1.54) is 16.0 Å². The van der Waals surface area contributed by atoms with Crippen LogP contribution in [0.25, 0.3) is 0 Å². The number of benzene rings is 2. The van der Waals surface area contributed by atoms with Crippen molar-refractivity contribution in [3.05, 3.63) is 64.7 Å². The molecule has 0 aliphatic carbocycles. The van der Waals surface area contributed by atoms with E-state index in [0.717, 1.165) is 36.4 Å². The summed E-state index contributed by atoms with van der Waals surface area (Å²) < 4.78 is 0. The molecule has 0 unspecified atom stereocenters. The highest BCUT2D eigenvalue weighted by molar-refractivity contribution is 7.99. The SMILES string of the molecule is CCSc1ccc(CNC(=O)c2ccc3c(c2)CCNC3)cc1. The van der Waals surface area contributed by atoms with E-state index >= 15 is 0 Å². The van der Waals surface area contributed by atoms with Gasteiger partial charge in [0.2, 0.25) is 0 Å². The molecule has 0 atom stereocenters. The maximum absolute atomic E-state index is 12.3. The molecule has 0 saturated carbocycles. The summed E-state index contributed by atoms with van der Waals surface area (Å²) in [5.74, 6) is 1.07. The van der Waals surface area contributed by atoms with E-state index in [0.29, 0.717) is 6.54 Å². The van der Waals surface area contributed by atoms with Crippen molar-refractivity contribution in [2.45, 2.75) is 31.3 Å². The van der Waals surface area contributed by atoms with Gasteiger partial charge in [0, 0.05) is 23.5 Å². The topological polar surface area (TPSA) is 41.1 Å². The molecule has 2 aromatic carbocycles. The minimum Gasteiger partial charge on any atom is -0.348 e. The first-order valence-corrected chi connectivity index (χ1v) is 9.07. The van der Waals surface area contributed by atoms with Crippen LogP contribution in [0.4, 0.5) is 0 Å². The third kappa shape index (κ3) is 4.15. The van der Waals surface area contributed by atoms with Gasteiger partial charge in [0.15, 0.2) is 0 Å². The first-order chi connectivity index (χ1) is 11.3. The fourth-order valence-electron chi connectivity index (χ4n) is 2.77. The number of amides is 1. The van der Waals surface area contributed by atoms with Gasteiger partial charge in [0.05, 0.1) is 0 Å². The van der Waals surface area contributed by atoms with Crippen molar-refractivity contribution in [1.29, 1.82) is 0 Å². The Hall–Kier alpha value is -1.78. The molecule has 2 aromatic rings. The lowest BCUT2D eigenvalue weighted by atomic mass is 9.98. The number of rotatable bonds is 5. The van der Waals surface area contributed by atoms with Gasteiger partial charge < -0.3 is 10.6 Å². The van der Waals surface area contributed by atoms with Crippen LogP contribution in [0.2, 0.25) is 0 Å². The standard InChI is InChI=1S/C19H22N2OS/c1-2-23-18-7-3-14(4-8-18)12-21-19(22)16-5-6-17-13-20-10-9-15(17)11-16/h3-8,11,20H,2,9-10,12-13H2,1H3,(H,21,22). The smallest absolute Gasteiger partial charge is 0.251 e. The molecule has 0 radical (unpaired) electrons. The zero-order chi connectivity index (χ0) is 16.1. The Kier molecular flexibility index (Phi) is 5.36. The largest absolute Gasteiger partial charge is 0.348 e. The first-order valence-electron chi connectivity index (χ1n) is 8.08. The van der Waals surface area contributed by atoms with Crippen LogP contribution in [-0.4, -0.2) is 18.2 Å². The van der Waals surface area contributed by atoms with Gasteiger partial charge in [0.25, 0.3) is 5.91 Å². The minimum absolute atomic E-state index is 0.00153. The highest BCUT2D eigenvalue weighted by Crippen LogP contribution is 2.18. The third-order valence-corrected chi connectivity index (χ3v) is 4.94. The van der Waals surface area contributed by atoms with Crippen molar-refractivity contribution in [1.82, 2.24) is 10.6 Å². The molecule has 1 amide bonds. The zero-order valence-electron chi connectivity index (χ0n) is 13.4. The molecule has 3 rings (SSSR count). The molecule has 3 nitrogen and oxygen atoms in total. The van der Waals surface area contributed by atoms with Gasteiger partial charge in [-0.1, -0.05) is 25.1 Å². The summed E-state index contributed by atoms with van der Waals surface area (Å²) in [7, 11) is 0. The predicted molar refractivity (Wildman–Crippen MR) is 95.9 cm³/mol. The Bertz CT molecular complexity index is 682. The van der Waals surface area contributed by atoms with Crippen molar-refractivity contribution < 1.29 is 4.79 Å². The summed E-state index contributed by atoms with van der Waals surface area (Å²) in [5.41, 5.74) is 4.47. The van der Waals surface area contributed by atoms with Crippen molar-refractivity contribution in [3.63, 3.8) is 0 Å². The molecule has 0 aromatic heterocycles. The molecule has 23 heavy (non-hydrogen) atoms. The molecule has 0 spiro atoms. The van der Waals surface area contributed by atoms with E-state index in [9.17, 15) is 4.79 Å². The van der Waals surface area contributed by atoms with Gasteiger partial charge in [-0.15, -0.1) is 11.8 Å².